The van der Waals surface area contributed by atoms with Crippen molar-refractivity contribution in [2.24, 2.45) is 9.98 Å². The lowest BCUT2D eigenvalue weighted by molar-refractivity contribution is 0.376. The summed E-state index contributed by atoms with van der Waals surface area (Å²) in [4.78, 5) is 15.4. The Morgan fingerprint density at radius 3 is 0.948 bits per heavy atom. The van der Waals surface area contributed by atoms with Crippen molar-refractivity contribution in [1.82, 2.24) is 19.4 Å². The predicted octanol–water partition coefficient (Wildman–Crippen LogP) is 15.5. The van der Waals surface area contributed by atoms with E-state index in [9.17, 15) is 22.0 Å². The summed E-state index contributed by atoms with van der Waals surface area (Å²) in [7, 11) is 0. The third-order valence-corrected chi connectivity index (χ3v) is 16.7. The number of hydrogen-bond donors (Lipinski definition) is 3. The Hall–Kier alpha value is -11.1. The van der Waals surface area contributed by atoms with Gasteiger partial charge in [0.05, 0.1) is 61.8 Å². The molecule has 0 radical (unpaired) electrons. The quantitative estimate of drug-likeness (QED) is 0.0873. The third-order valence-electron chi connectivity index (χ3n) is 15.8. The molecule has 6 nitrogen and oxygen atoms in total. The molecule has 9 heterocycles. The van der Waals surface area contributed by atoms with Gasteiger partial charge in [0.25, 0.3) is 0 Å². The van der Waals surface area contributed by atoms with E-state index in [1.54, 1.807) is 0 Å². The number of nitrogens with one attached hydrogen (secondary N) is 3. The number of benzene rings is 5. The number of nitrogens with zero attached hydrogens (tertiary/aromatic N) is 3. The number of halogens is 25. The molecule has 0 saturated heterocycles. The number of aromatic amines is 3. The highest BCUT2D eigenvalue weighted by Crippen LogP contribution is 2.44. The highest BCUT2D eigenvalue weighted by Gasteiger charge is 2.39. The van der Waals surface area contributed by atoms with E-state index in [-0.39, 0.29) is 26.3 Å². The van der Waals surface area contributed by atoms with Crippen LogP contribution in [0.4, 0.5) is 110 Å². The summed E-state index contributed by atoms with van der Waals surface area (Å²) >= 11 is 0.783. The molecular formula is C64H17F25N6S. The molecule has 5 aromatic carbocycles. The van der Waals surface area contributed by atoms with Crippen LogP contribution in [0.2, 0.25) is 0 Å². The number of aromatic nitrogens is 4. The number of H-pyrrole nitrogens is 3. The molecule has 14 rings (SSSR count). The highest BCUT2D eigenvalue weighted by atomic mass is 32.1. The van der Waals surface area contributed by atoms with Gasteiger partial charge in [-0.1, -0.05) is 0 Å². The Kier molecular flexibility index (Phi) is 14.3. The van der Waals surface area contributed by atoms with E-state index < -0.39 is 257 Å². The van der Waals surface area contributed by atoms with Crippen molar-refractivity contribution < 1.29 is 110 Å². The van der Waals surface area contributed by atoms with Gasteiger partial charge in [-0.3, -0.25) is 4.40 Å². The molecule has 11 aromatic rings. The van der Waals surface area contributed by atoms with Crippen LogP contribution in [0.3, 0.4) is 0 Å². The standard InChI is InChI=1S/C64H17F25N6S/c65-39-34(40(66)50(76)59(85)49(39)75)29-17-2-1-16(90-17)28-15-13-14-96-64(15)95-26(28)11-12-27(95)33(38-47(73)57(83)63(89)58(84)48(38)74)25-10-9-24(94-25)32(37-45(71)55(81)62(88)56(82)46(37)72)23-8-7-22(93-23)31(36-43(69)53(79)61(87)54(80)44(36)70)21-6-5-20(92-21)30(19-4-3-18(29)91-19)35-41(67)51(77)60(86)52(78)42(35)68/h1-14,90,92,94H. The van der Waals surface area contributed by atoms with Crippen LogP contribution in [0.15, 0.2) is 106 Å². The molecule has 14 bridgehead atoms. The van der Waals surface area contributed by atoms with E-state index in [0.717, 1.165) is 40.0 Å². The molecule has 6 aromatic heterocycles. The molecule has 96 heavy (non-hydrogen) atoms. The molecule has 3 aliphatic rings. The van der Waals surface area contributed by atoms with Crippen molar-refractivity contribution in [3.05, 3.63) is 313 Å². The first-order valence-corrected chi connectivity index (χ1v) is 27.4. The summed E-state index contributed by atoms with van der Waals surface area (Å²) in [5, 5.41) is -1.55. The van der Waals surface area contributed by atoms with Gasteiger partial charge in [0, 0.05) is 71.3 Å². The van der Waals surface area contributed by atoms with E-state index in [4.69, 9.17) is 0 Å². The predicted molar refractivity (Wildman–Crippen MR) is 290 cm³/mol. The summed E-state index contributed by atoms with van der Waals surface area (Å²) in [5.74, 6) is -67.3. The summed E-state index contributed by atoms with van der Waals surface area (Å²) < 4.78 is 395. The van der Waals surface area contributed by atoms with Gasteiger partial charge in [0.2, 0.25) is 29.1 Å². The number of thiophene rings is 1. The lowest BCUT2D eigenvalue weighted by atomic mass is 9.98. The molecule has 0 amide bonds. The molecule has 484 valence electrons. The Bertz CT molecular complexity index is 5830. The fourth-order valence-electron chi connectivity index (χ4n) is 11.6. The van der Waals surface area contributed by atoms with E-state index in [1.807, 2.05) is 0 Å². The summed E-state index contributed by atoms with van der Waals surface area (Å²) in [6.07, 6.45) is 2.21. The Labute approximate surface area is 516 Å². The number of fused-ring (bicyclic) bond motifs is 10. The second kappa shape index (κ2) is 22.0. The maximum absolute atomic E-state index is 16.6. The second-order valence-corrected chi connectivity index (χ2v) is 21.7. The van der Waals surface area contributed by atoms with E-state index in [1.165, 1.54) is 11.4 Å². The van der Waals surface area contributed by atoms with Crippen LogP contribution in [0, 0.1) is 156 Å². The van der Waals surface area contributed by atoms with Crippen LogP contribution < -0.4 is 16.0 Å². The zero-order valence-electron chi connectivity index (χ0n) is 45.8. The summed E-state index contributed by atoms with van der Waals surface area (Å²) in [6, 6.07) is 7.80. The number of rotatable bonds is 5. The Morgan fingerprint density at radius 2 is 0.583 bits per heavy atom. The van der Waals surface area contributed by atoms with Crippen LogP contribution in [-0.2, 0) is 0 Å². The average Bonchev–Trinajstić information content (AvgIpc) is 1.54. The molecule has 0 fully saturated rings. The first-order valence-electron chi connectivity index (χ1n) is 26.6. The van der Waals surface area contributed by atoms with Crippen molar-refractivity contribution in [1.29, 1.82) is 0 Å². The largest absolute Gasteiger partial charge is 0.354 e. The van der Waals surface area contributed by atoms with Crippen LogP contribution in [0.5, 0.6) is 0 Å². The van der Waals surface area contributed by atoms with Gasteiger partial charge in [-0.25, -0.2) is 120 Å². The van der Waals surface area contributed by atoms with Gasteiger partial charge in [-0.2, -0.15) is 0 Å². The van der Waals surface area contributed by atoms with Gasteiger partial charge in [-0.05, 0) is 84.3 Å². The fraction of sp³-hybridized carbons (Fsp3) is 0. The molecule has 3 N–H and O–H groups in total. The molecule has 0 atom stereocenters. The van der Waals surface area contributed by atoms with Crippen molar-refractivity contribution in [2.45, 2.75) is 0 Å². The second-order valence-electron chi connectivity index (χ2n) is 20.8. The maximum Gasteiger partial charge on any atom is 0.200 e. The van der Waals surface area contributed by atoms with Crippen LogP contribution >= 0.6 is 11.3 Å². The Morgan fingerprint density at radius 1 is 0.281 bits per heavy atom. The number of allylic oxidation sites excluding steroid dienone is 4. The van der Waals surface area contributed by atoms with Gasteiger partial charge in [0.1, 0.15) is 4.83 Å². The molecule has 0 spiro atoms. The minimum absolute atomic E-state index is 0.0346. The molecule has 0 saturated carbocycles. The monoisotopic (exact) mass is 1380 g/mol. The normalized spacial score (nSPS) is 14.2. The molecule has 0 unspecified atom stereocenters. The van der Waals surface area contributed by atoms with Crippen LogP contribution in [0.1, 0.15) is 44.9 Å². The lowest BCUT2D eigenvalue weighted by Gasteiger charge is -2.15. The molecule has 0 aliphatic carbocycles. The molecule has 32 heteroatoms. The Balaban J connectivity index is 1.23. The van der Waals surface area contributed by atoms with E-state index >= 15 is 87.8 Å². The zero-order chi connectivity index (χ0) is 68.6. The van der Waals surface area contributed by atoms with Gasteiger partial charge >= 0.3 is 0 Å². The maximum atomic E-state index is 16.6. The molecular weight excluding hydrogens is 1360 g/mol. The molecule has 3 aliphatic heterocycles. The number of hydrogen-bond acceptors (Lipinski definition) is 3. The van der Waals surface area contributed by atoms with Gasteiger partial charge in [0.15, 0.2) is 116 Å². The smallest absolute Gasteiger partial charge is 0.200 e. The first-order chi connectivity index (χ1) is 45.6. The van der Waals surface area contributed by atoms with Crippen molar-refractivity contribution in [3.8, 4) is 0 Å². The van der Waals surface area contributed by atoms with Crippen molar-refractivity contribution in [3.63, 3.8) is 0 Å². The zero-order valence-corrected chi connectivity index (χ0v) is 46.6. The third kappa shape index (κ3) is 8.71. The van der Waals surface area contributed by atoms with E-state index in [0.29, 0.717) is 48.6 Å². The van der Waals surface area contributed by atoms with Gasteiger partial charge in [-0.15, -0.1) is 11.3 Å². The lowest BCUT2D eigenvalue weighted by Crippen LogP contribution is -2.23. The van der Waals surface area contributed by atoms with Crippen LogP contribution in [0.25, 0.3) is 43.6 Å². The van der Waals surface area contributed by atoms with Crippen LogP contribution in [-0.4, -0.2) is 30.8 Å². The highest BCUT2D eigenvalue weighted by molar-refractivity contribution is 7.16. The van der Waals surface area contributed by atoms with Crippen molar-refractivity contribution in [2.75, 3.05) is 0 Å². The van der Waals surface area contributed by atoms with Gasteiger partial charge < -0.3 is 15.0 Å². The van der Waals surface area contributed by atoms with E-state index in [2.05, 4.69) is 24.9 Å². The summed E-state index contributed by atoms with van der Waals surface area (Å²) in [6.45, 7) is 0. The SMILES string of the molecule is Fc1c(F)c(F)c(C2=C3C=CC(=N3)C(c3c(F)c(F)c(F)c(F)c3F)=c3ccc([nH]3)=C(c3c(F)c(F)c(F)c(F)c3F)c3ccc4c(c5ccsc5n34)=c3ccc([nH]3)=C(c3c(F)c(F)c(F)c(F)c3F)C3=NC(=C(c4c(F)c(F)c(F)c(F)c4F)c4ccc2[nH]4)C=C3)c(F)c1F. The van der Waals surface area contributed by atoms with Crippen molar-refractivity contribution >= 4 is 66.4 Å². The fourth-order valence-corrected chi connectivity index (χ4v) is 12.5. The number of aliphatic imine (C=N–C) groups is 2. The average molecular weight is 1380 g/mol. The minimum atomic E-state index is -2.84. The topological polar surface area (TPSA) is 76.5 Å². The summed E-state index contributed by atoms with van der Waals surface area (Å²) in [5.41, 5.74) is -23.8. The minimum Gasteiger partial charge on any atom is -0.354 e. The first kappa shape index (κ1) is 62.4.